The van der Waals surface area contributed by atoms with Gasteiger partial charge in [-0.05, 0) is 24.3 Å². The van der Waals surface area contributed by atoms with Crippen LogP contribution in [0.5, 0.6) is 0 Å². The number of nitrogens with one attached hydrogen (secondary N) is 2. The summed E-state index contributed by atoms with van der Waals surface area (Å²) in [4.78, 5) is 42.1. The van der Waals surface area contributed by atoms with E-state index in [4.69, 9.17) is 4.74 Å². The minimum atomic E-state index is -0.653. The number of aryl methyl sites for hydroxylation is 1. The highest BCUT2D eigenvalue weighted by molar-refractivity contribution is 5.97. The Morgan fingerprint density at radius 1 is 1.16 bits per heavy atom. The molecule has 4 rings (SSSR count). The molecule has 0 bridgehead atoms. The van der Waals surface area contributed by atoms with Crippen LogP contribution in [0.15, 0.2) is 42.5 Å². The molecular weight excluding hydrogens is 416 g/mol. The van der Waals surface area contributed by atoms with Gasteiger partial charge in [0.1, 0.15) is 11.5 Å². The van der Waals surface area contributed by atoms with Gasteiger partial charge in [0.15, 0.2) is 0 Å². The third-order valence-electron chi connectivity index (χ3n) is 5.30. The Hall–Kier alpha value is -3.99. The number of amides is 2. The van der Waals surface area contributed by atoms with Crippen molar-refractivity contribution in [3.8, 4) is 0 Å². The molecule has 3 aromatic rings. The average Bonchev–Trinajstić information content (AvgIpc) is 3.12. The highest BCUT2D eigenvalue weighted by Gasteiger charge is 2.23. The number of para-hydroxylation sites is 2. The first-order valence-corrected chi connectivity index (χ1v) is 10.0. The van der Waals surface area contributed by atoms with Crippen LogP contribution >= 0.6 is 0 Å². The molecule has 11 nitrogen and oxygen atoms in total. The van der Waals surface area contributed by atoms with E-state index in [2.05, 4.69) is 15.8 Å². The summed E-state index contributed by atoms with van der Waals surface area (Å²) in [5.41, 5.74) is 6.63. The quantitative estimate of drug-likeness (QED) is 0.454. The first kappa shape index (κ1) is 21.2. The highest BCUT2D eigenvalue weighted by Crippen LogP contribution is 2.29. The van der Waals surface area contributed by atoms with E-state index >= 15 is 0 Å². The lowest BCUT2D eigenvalue weighted by atomic mass is 10.1. The van der Waals surface area contributed by atoms with E-state index in [9.17, 15) is 19.7 Å². The molecule has 1 fully saturated rings. The molecule has 2 amide bonds. The number of nitrogens with zero attached hydrogens (tertiary/aromatic N) is 4. The van der Waals surface area contributed by atoms with Crippen LogP contribution in [0.1, 0.15) is 16.2 Å². The normalized spacial score (nSPS) is 13.7. The van der Waals surface area contributed by atoms with E-state index in [0.29, 0.717) is 37.8 Å². The second kappa shape index (κ2) is 9.02. The Kier molecular flexibility index (Phi) is 5.99. The van der Waals surface area contributed by atoms with E-state index < -0.39 is 16.7 Å². The zero-order chi connectivity index (χ0) is 22.7. The zero-order valence-electron chi connectivity index (χ0n) is 17.4. The molecule has 1 aromatic heterocycles. The molecule has 166 valence electrons. The van der Waals surface area contributed by atoms with E-state index in [1.807, 2.05) is 40.8 Å². The maximum Gasteiger partial charge on any atom is 0.293 e. The van der Waals surface area contributed by atoms with Crippen molar-refractivity contribution in [3.05, 3.63) is 64.0 Å². The predicted octanol–water partition coefficient (Wildman–Crippen LogP) is 1.32. The smallest absolute Gasteiger partial charge is 0.293 e. The Labute approximate surface area is 183 Å². The number of nitro groups is 1. The molecule has 1 saturated heterocycles. The van der Waals surface area contributed by atoms with Gasteiger partial charge in [-0.3, -0.25) is 30.6 Å². The lowest BCUT2D eigenvalue weighted by Gasteiger charge is -2.28. The van der Waals surface area contributed by atoms with Crippen LogP contribution in [0.3, 0.4) is 0 Å². The van der Waals surface area contributed by atoms with Crippen LogP contribution in [0.2, 0.25) is 0 Å². The van der Waals surface area contributed by atoms with E-state index in [1.165, 1.54) is 12.1 Å². The molecule has 0 unspecified atom stereocenters. The Bertz CT molecular complexity index is 1180. The number of ether oxygens (including phenoxy) is 1. The summed E-state index contributed by atoms with van der Waals surface area (Å²) in [7, 11) is 1.81. The molecule has 1 aliphatic rings. The average molecular weight is 438 g/mol. The fraction of sp³-hybridized carbons (Fsp3) is 0.286. The van der Waals surface area contributed by atoms with Crippen molar-refractivity contribution in [3.63, 3.8) is 0 Å². The fourth-order valence-electron chi connectivity index (χ4n) is 3.62. The number of carbonyl (C=O) groups is 2. The number of rotatable bonds is 5. The van der Waals surface area contributed by atoms with Gasteiger partial charge < -0.3 is 14.2 Å². The number of morpholine rings is 1. The number of nitro benzene ring substituents is 1. The second-order valence-electron chi connectivity index (χ2n) is 7.31. The number of anilines is 1. The number of fused-ring (bicyclic) bond motifs is 1. The highest BCUT2D eigenvalue weighted by atomic mass is 16.6. The molecule has 0 radical (unpaired) electrons. The van der Waals surface area contributed by atoms with Crippen molar-refractivity contribution < 1.29 is 19.2 Å². The van der Waals surface area contributed by atoms with Gasteiger partial charge >= 0.3 is 0 Å². The number of hydrogen-bond acceptors (Lipinski definition) is 7. The lowest BCUT2D eigenvalue weighted by molar-refractivity contribution is -0.384. The molecule has 0 atom stereocenters. The molecule has 0 saturated carbocycles. The summed E-state index contributed by atoms with van der Waals surface area (Å²) in [6.07, 6.45) is -0.0401. The SMILES string of the molecule is Cn1c(CC(=O)NNC(=O)c2ccc(N3CCOCC3)c([N+](=O)[O-])c2)nc2ccccc21. The van der Waals surface area contributed by atoms with Gasteiger partial charge in [0.25, 0.3) is 11.6 Å². The van der Waals surface area contributed by atoms with Crippen molar-refractivity contribution in [1.29, 1.82) is 0 Å². The van der Waals surface area contributed by atoms with Crippen molar-refractivity contribution in [1.82, 2.24) is 20.4 Å². The van der Waals surface area contributed by atoms with Gasteiger partial charge in [-0.25, -0.2) is 4.98 Å². The van der Waals surface area contributed by atoms with E-state index in [-0.39, 0.29) is 17.7 Å². The van der Waals surface area contributed by atoms with Gasteiger partial charge in [0.05, 0.1) is 35.6 Å². The van der Waals surface area contributed by atoms with Crippen molar-refractivity contribution >= 4 is 34.2 Å². The summed E-state index contributed by atoms with van der Waals surface area (Å²) in [6, 6.07) is 11.7. The van der Waals surface area contributed by atoms with Crippen LogP contribution in [-0.4, -0.2) is 52.6 Å². The summed E-state index contributed by atoms with van der Waals surface area (Å²) in [5.74, 6) is -0.570. The molecule has 2 aromatic carbocycles. The summed E-state index contributed by atoms with van der Waals surface area (Å²) < 4.78 is 7.09. The first-order chi connectivity index (χ1) is 15.4. The molecule has 2 heterocycles. The largest absolute Gasteiger partial charge is 0.378 e. The number of benzene rings is 2. The number of aromatic nitrogens is 2. The number of imidazole rings is 1. The van der Waals surface area contributed by atoms with E-state index in [1.54, 1.807) is 6.07 Å². The number of hydrogen-bond donors (Lipinski definition) is 2. The second-order valence-corrected chi connectivity index (χ2v) is 7.31. The van der Waals surface area contributed by atoms with Crippen molar-refractivity contribution in [2.24, 2.45) is 7.05 Å². The molecule has 11 heteroatoms. The van der Waals surface area contributed by atoms with Gasteiger partial charge in [-0.1, -0.05) is 12.1 Å². The Morgan fingerprint density at radius 3 is 2.62 bits per heavy atom. The summed E-state index contributed by atoms with van der Waals surface area (Å²) >= 11 is 0. The molecule has 32 heavy (non-hydrogen) atoms. The summed E-state index contributed by atoms with van der Waals surface area (Å²) in [5, 5.41) is 11.6. The molecule has 1 aliphatic heterocycles. The predicted molar refractivity (Wildman–Crippen MR) is 116 cm³/mol. The maximum absolute atomic E-state index is 12.5. The van der Waals surface area contributed by atoms with Gasteiger partial charge in [-0.2, -0.15) is 0 Å². The van der Waals surface area contributed by atoms with Crippen molar-refractivity contribution in [2.75, 3.05) is 31.2 Å². The maximum atomic E-state index is 12.5. The third-order valence-corrected chi connectivity index (χ3v) is 5.30. The van der Waals surface area contributed by atoms with Crippen LogP contribution < -0.4 is 15.8 Å². The minimum absolute atomic E-state index is 0.0401. The topological polar surface area (TPSA) is 132 Å². The van der Waals surface area contributed by atoms with Crippen LogP contribution in [0, 0.1) is 10.1 Å². The number of carbonyl (C=O) groups excluding carboxylic acids is 2. The standard InChI is InChI=1S/C21H22N6O5/c1-25-16-5-3-2-4-15(16)22-19(25)13-20(28)23-24-21(29)14-6-7-17(18(12-14)27(30)31)26-8-10-32-11-9-26/h2-7,12H,8-11,13H2,1H3,(H,23,28)(H,24,29). The first-order valence-electron chi connectivity index (χ1n) is 10.0. The monoisotopic (exact) mass is 438 g/mol. The van der Waals surface area contributed by atoms with Crippen LogP contribution in [0.4, 0.5) is 11.4 Å². The Balaban J connectivity index is 1.41. The van der Waals surface area contributed by atoms with Gasteiger partial charge in [-0.15, -0.1) is 0 Å². The Morgan fingerprint density at radius 2 is 1.91 bits per heavy atom. The van der Waals surface area contributed by atoms with Crippen LogP contribution in [0.25, 0.3) is 11.0 Å². The molecular formula is C21H22N6O5. The zero-order valence-corrected chi connectivity index (χ0v) is 17.4. The van der Waals surface area contributed by atoms with Crippen LogP contribution in [-0.2, 0) is 23.0 Å². The molecule has 0 aliphatic carbocycles. The van der Waals surface area contributed by atoms with Gasteiger partial charge in [0.2, 0.25) is 5.91 Å². The number of hydrazine groups is 1. The third kappa shape index (κ3) is 4.37. The summed E-state index contributed by atoms with van der Waals surface area (Å²) in [6.45, 7) is 2.03. The molecule has 2 N–H and O–H groups in total. The fourth-order valence-corrected chi connectivity index (χ4v) is 3.62. The van der Waals surface area contributed by atoms with E-state index in [0.717, 1.165) is 11.0 Å². The molecule has 0 spiro atoms. The van der Waals surface area contributed by atoms with Gasteiger partial charge in [0, 0.05) is 31.8 Å². The van der Waals surface area contributed by atoms with Crippen molar-refractivity contribution in [2.45, 2.75) is 6.42 Å². The minimum Gasteiger partial charge on any atom is -0.378 e. The lowest BCUT2D eigenvalue weighted by Crippen LogP contribution is -2.42.